The van der Waals surface area contributed by atoms with Gasteiger partial charge in [-0.2, -0.15) is 8.78 Å². The third-order valence-corrected chi connectivity index (χ3v) is 2.94. The molecule has 2 atom stereocenters. The van der Waals surface area contributed by atoms with E-state index < -0.39 is 18.8 Å². The third-order valence-electron chi connectivity index (χ3n) is 2.94. The van der Waals surface area contributed by atoms with E-state index in [9.17, 15) is 13.9 Å². The van der Waals surface area contributed by atoms with Crippen LogP contribution in [-0.2, 0) is 0 Å². The number of hydrogen-bond donors (Lipinski definition) is 2. The van der Waals surface area contributed by atoms with Crippen LogP contribution in [0.1, 0.15) is 24.4 Å². The van der Waals surface area contributed by atoms with E-state index in [2.05, 4.69) is 4.74 Å². The van der Waals surface area contributed by atoms with Gasteiger partial charge < -0.3 is 15.6 Å². The predicted molar refractivity (Wildman–Crippen MR) is 66.0 cm³/mol. The molecule has 3 nitrogen and oxygen atoms in total. The maximum Gasteiger partial charge on any atom is 0.387 e. The molecule has 0 spiro atoms. The molecule has 1 aliphatic rings. The molecular formula is C12H16ClF2NO2. The van der Waals surface area contributed by atoms with Crippen LogP contribution in [0.4, 0.5) is 8.78 Å². The van der Waals surface area contributed by atoms with Gasteiger partial charge in [-0.05, 0) is 36.5 Å². The molecule has 1 saturated carbocycles. The number of halogens is 3. The van der Waals surface area contributed by atoms with Gasteiger partial charge in [-0.15, -0.1) is 12.4 Å². The van der Waals surface area contributed by atoms with Crippen LogP contribution >= 0.6 is 12.4 Å². The van der Waals surface area contributed by atoms with Crippen molar-refractivity contribution in [2.45, 2.75) is 31.6 Å². The van der Waals surface area contributed by atoms with Gasteiger partial charge in [-0.1, -0.05) is 12.1 Å². The van der Waals surface area contributed by atoms with Crippen LogP contribution in [0.25, 0.3) is 0 Å². The topological polar surface area (TPSA) is 55.5 Å². The van der Waals surface area contributed by atoms with Gasteiger partial charge in [0, 0.05) is 0 Å². The van der Waals surface area contributed by atoms with E-state index in [-0.39, 0.29) is 24.1 Å². The molecule has 0 aliphatic heterocycles. The fourth-order valence-electron chi connectivity index (χ4n) is 1.83. The molecule has 102 valence electrons. The number of aliphatic hydroxyl groups is 1. The Balaban J connectivity index is 0.00000162. The molecule has 0 amide bonds. The van der Waals surface area contributed by atoms with Crippen molar-refractivity contribution in [3.63, 3.8) is 0 Å². The summed E-state index contributed by atoms with van der Waals surface area (Å²) in [6.45, 7) is -2.85. The van der Waals surface area contributed by atoms with Crippen molar-refractivity contribution in [2.24, 2.45) is 11.7 Å². The molecule has 1 aromatic carbocycles. The second-order valence-electron chi connectivity index (χ2n) is 4.30. The molecule has 0 heterocycles. The number of benzene rings is 1. The quantitative estimate of drug-likeness (QED) is 0.871. The first-order valence-electron chi connectivity index (χ1n) is 5.56. The Hall–Kier alpha value is -0.910. The summed E-state index contributed by atoms with van der Waals surface area (Å²) in [7, 11) is 0. The maximum atomic E-state index is 12.0. The molecule has 0 radical (unpaired) electrons. The average Bonchev–Trinajstić information content (AvgIpc) is 3.10. The van der Waals surface area contributed by atoms with Crippen LogP contribution < -0.4 is 10.5 Å². The van der Waals surface area contributed by atoms with Crippen LogP contribution in [0.3, 0.4) is 0 Å². The van der Waals surface area contributed by atoms with Crippen molar-refractivity contribution >= 4 is 12.4 Å². The maximum absolute atomic E-state index is 12.0. The van der Waals surface area contributed by atoms with Gasteiger partial charge in [0.1, 0.15) is 5.75 Å². The Kier molecular flexibility index (Phi) is 5.31. The molecule has 0 aromatic heterocycles. The second-order valence-corrected chi connectivity index (χ2v) is 4.30. The van der Waals surface area contributed by atoms with E-state index in [0.717, 1.165) is 12.8 Å². The summed E-state index contributed by atoms with van der Waals surface area (Å²) in [4.78, 5) is 0. The van der Waals surface area contributed by atoms with Crippen molar-refractivity contribution in [2.75, 3.05) is 0 Å². The molecule has 1 aliphatic carbocycles. The molecule has 18 heavy (non-hydrogen) atoms. The van der Waals surface area contributed by atoms with Crippen LogP contribution in [0.15, 0.2) is 24.3 Å². The first kappa shape index (κ1) is 15.1. The lowest BCUT2D eigenvalue weighted by molar-refractivity contribution is -0.0499. The minimum atomic E-state index is -2.85. The number of ether oxygens (including phenoxy) is 1. The standard InChI is InChI=1S/C12H15F2NO2.ClH/c13-12(14)17-9-3-1-2-8(6-9)10(15)11(16)7-4-5-7;/h1-3,6-7,10-12,16H,4-5,15H2;1H/t10-,11+;/m0./s1. The van der Waals surface area contributed by atoms with E-state index in [1.54, 1.807) is 12.1 Å². The van der Waals surface area contributed by atoms with Crippen LogP contribution in [-0.4, -0.2) is 17.8 Å². The van der Waals surface area contributed by atoms with Gasteiger partial charge in [0.15, 0.2) is 0 Å². The van der Waals surface area contributed by atoms with Gasteiger partial charge in [-0.25, -0.2) is 0 Å². The highest BCUT2D eigenvalue weighted by Gasteiger charge is 2.34. The van der Waals surface area contributed by atoms with Crippen molar-refractivity contribution in [3.05, 3.63) is 29.8 Å². The number of aliphatic hydroxyl groups excluding tert-OH is 1. The summed E-state index contributed by atoms with van der Waals surface area (Å²) >= 11 is 0. The molecule has 6 heteroatoms. The average molecular weight is 280 g/mol. The Labute approximate surface area is 110 Å². The SMILES string of the molecule is Cl.N[C@@H](c1cccc(OC(F)F)c1)[C@H](O)C1CC1. The normalized spacial score (nSPS) is 18.1. The van der Waals surface area contributed by atoms with Gasteiger partial charge >= 0.3 is 6.61 Å². The molecule has 0 saturated heterocycles. The monoisotopic (exact) mass is 279 g/mol. The lowest BCUT2D eigenvalue weighted by atomic mass is 9.99. The molecule has 0 unspecified atom stereocenters. The first-order valence-corrected chi connectivity index (χ1v) is 5.56. The van der Waals surface area contributed by atoms with Crippen LogP contribution in [0.5, 0.6) is 5.75 Å². The molecule has 0 bridgehead atoms. The molecule has 2 rings (SSSR count). The summed E-state index contributed by atoms with van der Waals surface area (Å²) in [5.74, 6) is 0.306. The zero-order valence-electron chi connectivity index (χ0n) is 9.63. The second kappa shape index (κ2) is 6.31. The zero-order valence-corrected chi connectivity index (χ0v) is 10.4. The zero-order chi connectivity index (χ0) is 12.4. The van der Waals surface area contributed by atoms with E-state index >= 15 is 0 Å². The Bertz CT molecular complexity index is 388. The lowest BCUT2D eigenvalue weighted by Crippen LogP contribution is -2.27. The van der Waals surface area contributed by atoms with Crippen molar-refractivity contribution in [1.82, 2.24) is 0 Å². The molecular weight excluding hydrogens is 264 g/mol. The Morgan fingerprint density at radius 1 is 1.33 bits per heavy atom. The Morgan fingerprint density at radius 2 is 2.00 bits per heavy atom. The number of hydrogen-bond acceptors (Lipinski definition) is 3. The first-order chi connectivity index (χ1) is 8.08. The highest BCUT2D eigenvalue weighted by atomic mass is 35.5. The number of nitrogens with two attached hydrogens (primary N) is 1. The van der Waals surface area contributed by atoms with E-state index in [4.69, 9.17) is 5.73 Å². The van der Waals surface area contributed by atoms with Crippen molar-refractivity contribution in [3.8, 4) is 5.75 Å². The van der Waals surface area contributed by atoms with Crippen molar-refractivity contribution in [1.29, 1.82) is 0 Å². The predicted octanol–water partition coefficient (Wildman–Crippen LogP) is 2.48. The van der Waals surface area contributed by atoms with Gasteiger partial charge in [0.05, 0.1) is 12.1 Å². The molecule has 3 N–H and O–H groups in total. The lowest BCUT2D eigenvalue weighted by Gasteiger charge is -2.19. The van der Waals surface area contributed by atoms with Crippen LogP contribution in [0.2, 0.25) is 0 Å². The number of rotatable bonds is 5. The van der Waals surface area contributed by atoms with E-state index in [0.29, 0.717) is 5.56 Å². The summed E-state index contributed by atoms with van der Waals surface area (Å²) in [5, 5.41) is 9.87. The molecule has 1 fully saturated rings. The summed E-state index contributed by atoms with van der Waals surface area (Å²) in [6.07, 6.45) is 1.33. The minimum absolute atomic E-state index is 0. The highest BCUT2D eigenvalue weighted by molar-refractivity contribution is 5.85. The van der Waals surface area contributed by atoms with Crippen molar-refractivity contribution < 1.29 is 18.6 Å². The summed E-state index contributed by atoms with van der Waals surface area (Å²) < 4.78 is 28.4. The third kappa shape index (κ3) is 3.80. The Morgan fingerprint density at radius 3 is 2.56 bits per heavy atom. The number of alkyl halides is 2. The van der Waals surface area contributed by atoms with Crippen LogP contribution in [0, 0.1) is 5.92 Å². The minimum Gasteiger partial charge on any atom is -0.435 e. The molecule has 1 aromatic rings. The van der Waals surface area contributed by atoms with Gasteiger partial charge in [0.2, 0.25) is 0 Å². The summed E-state index contributed by atoms with van der Waals surface area (Å²) in [5.41, 5.74) is 6.50. The smallest absolute Gasteiger partial charge is 0.387 e. The fourth-order valence-corrected chi connectivity index (χ4v) is 1.83. The highest BCUT2D eigenvalue weighted by Crippen LogP contribution is 2.37. The summed E-state index contributed by atoms with van der Waals surface area (Å²) in [6, 6.07) is 5.62. The van der Waals surface area contributed by atoms with E-state index in [1.165, 1.54) is 12.1 Å². The largest absolute Gasteiger partial charge is 0.435 e. The fraction of sp³-hybridized carbons (Fsp3) is 0.500. The van der Waals surface area contributed by atoms with Gasteiger partial charge in [-0.3, -0.25) is 0 Å². The van der Waals surface area contributed by atoms with E-state index in [1.807, 2.05) is 0 Å². The van der Waals surface area contributed by atoms with Gasteiger partial charge in [0.25, 0.3) is 0 Å².